The lowest BCUT2D eigenvalue weighted by atomic mass is 10.2. The van der Waals surface area contributed by atoms with Crippen LogP contribution in [0.1, 0.15) is 15.9 Å². The number of carbonyl (C=O) groups is 1. The normalized spacial score (nSPS) is 10.1. The van der Waals surface area contributed by atoms with Gasteiger partial charge in [0.05, 0.1) is 7.11 Å². The van der Waals surface area contributed by atoms with E-state index in [0.717, 1.165) is 11.3 Å². The average molecular weight is 277 g/mol. The molecular formula is C14H13ClN2O2. The van der Waals surface area contributed by atoms with E-state index in [0.29, 0.717) is 11.4 Å². The summed E-state index contributed by atoms with van der Waals surface area (Å²) < 4.78 is 4.98. The smallest absolute Gasteiger partial charge is 0.255 e. The van der Waals surface area contributed by atoms with Gasteiger partial charge in [0.2, 0.25) is 5.88 Å². The van der Waals surface area contributed by atoms with Gasteiger partial charge in [0.15, 0.2) is 0 Å². The number of nitrogens with zero attached hydrogens (tertiary/aromatic N) is 1. The number of hydrogen-bond acceptors (Lipinski definition) is 3. The number of hydrogen-bond donors (Lipinski definition) is 1. The first-order valence-electron chi connectivity index (χ1n) is 5.68. The van der Waals surface area contributed by atoms with Gasteiger partial charge < -0.3 is 10.1 Å². The van der Waals surface area contributed by atoms with Crippen molar-refractivity contribution in [3.05, 3.63) is 52.7 Å². The van der Waals surface area contributed by atoms with Crippen molar-refractivity contribution < 1.29 is 9.53 Å². The maximum Gasteiger partial charge on any atom is 0.255 e. The number of carbonyl (C=O) groups excluding carboxylic acids is 1. The Morgan fingerprint density at radius 2 is 1.95 bits per heavy atom. The quantitative estimate of drug-likeness (QED) is 0.875. The first-order valence-corrected chi connectivity index (χ1v) is 6.06. The van der Waals surface area contributed by atoms with E-state index in [1.165, 1.54) is 19.2 Å². The first-order chi connectivity index (χ1) is 9.08. The zero-order valence-electron chi connectivity index (χ0n) is 10.6. The Labute approximate surface area is 116 Å². The molecule has 1 aromatic heterocycles. The lowest BCUT2D eigenvalue weighted by molar-refractivity contribution is 0.102. The van der Waals surface area contributed by atoms with Crippen molar-refractivity contribution >= 4 is 23.2 Å². The van der Waals surface area contributed by atoms with Crippen molar-refractivity contribution in [2.45, 2.75) is 6.92 Å². The Balaban J connectivity index is 2.20. The molecule has 2 rings (SSSR count). The summed E-state index contributed by atoms with van der Waals surface area (Å²) in [6.07, 6.45) is 0. The molecule has 0 bridgehead atoms. The molecule has 0 aliphatic heterocycles. The van der Waals surface area contributed by atoms with E-state index in [9.17, 15) is 4.79 Å². The zero-order chi connectivity index (χ0) is 13.8. The molecule has 0 unspecified atom stereocenters. The van der Waals surface area contributed by atoms with Crippen molar-refractivity contribution in [1.29, 1.82) is 0 Å². The maximum absolute atomic E-state index is 12.1. The van der Waals surface area contributed by atoms with Gasteiger partial charge in [-0.1, -0.05) is 29.3 Å². The van der Waals surface area contributed by atoms with Gasteiger partial charge in [-0.25, -0.2) is 4.98 Å². The van der Waals surface area contributed by atoms with Gasteiger partial charge in [0.25, 0.3) is 5.91 Å². The minimum atomic E-state index is -0.258. The van der Waals surface area contributed by atoms with Crippen molar-refractivity contribution in [2.24, 2.45) is 0 Å². The number of benzene rings is 1. The third-order valence-electron chi connectivity index (χ3n) is 2.55. The Bertz CT molecular complexity index is 597. The van der Waals surface area contributed by atoms with Crippen LogP contribution >= 0.6 is 11.6 Å². The number of pyridine rings is 1. The lowest BCUT2D eigenvalue weighted by Crippen LogP contribution is -2.12. The van der Waals surface area contributed by atoms with E-state index < -0.39 is 0 Å². The molecule has 0 aliphatic carbocycles. The fraction of sp³-hybridized carbons (Fsp3) is 0.143. The number of nitrogens with one attached hydrogen (secondary N) is 1. The van der Waals surface area contributed by atoms with Gasteiger partial charge in [0, 0.05) is 17.3 Å². The van der Waals surface area contributed by atoms with Crippen molar-refractivity contribution in [1.82, 2.24) is 4.98 Å². The summed E-state index contributed by atoms with van der Waals surface area (Å²) in [5.41, 5.74) is 2.26. The minimum absolute atomic E-state index is 0.216. The van der Waals surface area contributed by atoms with Gasteiger partial charge in [-0.05, 0) is 25.1 Å². The molecule has 1 heterocycles. The third kappa shape index (κ3) is 3.45. The standard InChI is InChI=1S/C14H13ClN2O2/c1-9-3-5-11(6-4-9)16-14(18)10-7-12(15)17-13(8-10)19-2/h3-8H,1-2H3,(H,16,18). The van der Waals surface area contributed by atoms with Crippen LogP contribution in [0.4, 0.5) is 5.69 Å². The lowest BCUT2D eigenvalue weighted by Gasteiger charge is -2.07. The predicted octanol–water partition coefficient (Wildman–Crippen LogP) is 3.30. The van der Waals surface area contributed by atoms with Crippen molar-refractivity contribution in [3.63, 3.8) is 0 Å². The molecule has 5 heteroatoms. The molecule has 1 aromatic carbocycles. The highest BCUT2D eigenvalue weighted by Crippen LogP contribution is 2.17. The van der Waals surface area contributed by atoms with Crippen LogP contribution in [0.2, 0.25) is 5.15 Å². The van der Waals surface area contributed by atoms with Crippen LogP contribution in [0.3, 0.4) is 0 Å². The summed E-state index contributed by atoms with van der Waals surface area (Å²) in [6, 6.07) is 10.6. The van der Waals surface area contributed by atoms with E-state index in [4.69, 9.17) is 16.3 Å². The van der Waals surface area contributed by atoms with Crippen LogP contribution in [0, 0.1) is 6.92 Å². The molecule has 1 amide bonds. The largest absolute Gasteiger partial charge is 0.481 e. The zero-order valence-corrected chi connectivity index (χ0v) is 11.4. The minimum Gasteiger partial charge on any atom is -0.481 e. The number of halogens is 1. The summed E-state index contributed by atoms with van der Waals surface area (Å²) in [7, 11) is 1.47. The molecule has 0 spiro atoms. The van der Waals surface area contributed by atoms with Gasteiger partial charge in [-0.15, -0.1) is 0 Å². The van der Waals surface area contributed by atoms with Gasteiger partial charge in [-0.3, -0.25) is 4.79 Å². The Hall–Kier alpha value is -2.07. The molecular weight excluding hydrogens is 264 g/mol. The number of anilines is 1. The highest BCUT2D eigenvalue weighted by atomic mass is 35.5. The fourth-order valence-electron chi connectivity index (χ4n) is 1.55. The van der Waals surface area contributed by atoms with E-state index in [2.05, 4.69) is 10.3 Å². The van der Waals surface area contributed by atoms with E-state index >= 15 is 0 Å². The summed E-state index contributed by atoms with van der Waals surface area (Å²) in [4.78, 5) is 16.0. The van der Waals surface area contributed by atoms with E-state index in [1.54, 1.807) is 0 Å². The Morgan fingerprint density at radius 1 is 1.26 bits per heavy atom. The highest BCUT2D eigenvalue weighted by molar-refractivity contribution is 6.30. The highest BCUT2D eigenvalue weighted by Gasteiger charge is 2.10. The van der Waals surface area contributed by atoms with Crippen LogP contribution in [-0.2, 0) is 0 Å². The number of rotatable bonds is 3. The number of methoxy groups -OCH3 is 1. The van der Waals surface area contributed by atoms with Gasteiger partial charge in [-0.2, -0.15) is 0 Å². The second-order valence-electron chi connectivity index (χ2n) is 4.04. The van der Waals surface area contributed by atoms with Crippen LogP contribution in [-0.4, -0.2) is 18.0 Å². The number of ether oxygens (including phenoxy) is 1. The van der Waals surface area contributed by atoms with Crippen LogP contribution < -0.4 is 10.1 Å². The number of aromatic nitrogens is 1. The maximum atomic E-state index is 12.1. The van der Waals surface area contributed by atoms with Crippen molar-refractivity contribution in [2.75, 3.05) is 12.4 Å². The molecule has 0 aliphatic rings. The molecule has 0 atom stereocenters. The van der Waals surface area contributed by atoms with Crippen LogP contribution in [0.15, 0.2) is 36.4 Å². The Morgan fingerprint density at radius 3 is 2.58 bits per heavy atom. The summed E-state index contributed by atoms with van der Waals surface area (Å²) >= 11 is 5.83. The summed E-state index contributed by atoms with van der Waals surface area (Å²) in [5, 5.41) is 3.00. The fourth-order valence-corrected chi connectivity index (χ4v) is 1.75. The molecule has 4 nitrogen and oxygen atoms in total. The Kier molecular flexibility index (Phi) is 4.02. The second-order valence-corrected chi connectivity index (χ2v) is 4.43. The SMILES string of the molecule is COc1cc(C(=O)Nc2ccc(C)cc2)cc(Cl)n1. The average Bonchev–Trinajstić information content (AvgIpc) is 2.40. The monoisotopic (exact) mass is 276 g/mol. The number of amides is 1. The molecule has 2 aromatic rings. The van der Waals surface area contributed by atoms with Crippen LogP contribution in [0.25, 0.3) is 0 Å². The van der Waals surface area contributed by atoms with Gasteiger partial charge in [0.1, 0.15) is 5.15 Å². The van der Waals surface area contributed by atoms with Gasteiger partial charge >= 0.3 is 0 Å². The summed E-state index contributed by atoms with van der Waals surface area (Å²) in [5.74, 6) is 0.0491. The van der Waals surface area contributed by atoms with E-state index in [-0.39, 0.29) is 11.1 Å². The molecule has 98 valence electrons. The molecule has 0 saturated heterocycles. The third-order valence-corrected chi connectivity index (χ3v) is 2.74. The summed E-state index contributed by atoms with van der Waals surface area (Å²) in [6.45, 7) is 1.99. The molecule has 0 saturated carbocycles. The molecule has 0 radical (unpaired) electrons. The van der Waals surface area contributed by atoms with Crippen LogP contribution in [0.5, 0.6) is 5.88 Å². The van der Waals surface area contributed by atoms with Crippen molar-refractivity contribution in [3.8, 4) is 5.88 Å². The number of aryl methyl sites for hydroxylation is 1. The topological polar surface area (TPSA) is 51.2 Å². The second kappa shape index (κ2) is 5.71. The molecule has 1 N–H and O–H groups in total. The predicted molar refractivity (Wildman–Crippen MR) is 74.9 cm³/mol. The molecule has 0 fully saturated rings. The first kappa shape index (κ1) is 13.4. The molecule has 19 heavy (non-hydrogen) atoms. The van der Waals surface area contributed by atoms with E-state index in [1.807, 2.05) is 31.2 Å².